The lowest BCUT2D eigenvalue weighted by Gasteiger charge is -2.37. The van der Waals surface area contributed by atoms with Crippen LogP contribution in [0.2, 0.25) is 0 Å². The van der Waals surface area contributed by atoms with E-state index in [1.165, 1.54) is 0 Å². The van der Waals surface area contributed by atoms with Crippen LogP contribution in [-0.4, -0.2) is 41.1 Å². The lowest BCUT2D eigenvalue weighted by atomic mass is 10.0. The van der Waals surface area contributed by atoms with Crippen molar-refractivity contribution in [2.24, 2.45) is 0 Å². The second kappa shape index (κ2) is 6.92. The molecule has 118 valence electrons. The fraction of sp³-hybridized carbons (Fsp3) is 0.375. The highest BCUT2D eigenvalue weighted by Gasteiger charge is 2.25. The molecule has 2 aromatic heterocycles. The molecule has 0 aliphatic carbocycles. The van der Waals surface area contributed by atoms with Crippen molar-refractivity contribution >= 4 is 27.7 Å². The molecule has 0 amide bonds. The number of nitriles is 1. The van der Waals surface area contributed by atoms with Crippen LogP contribution in [0.5, 0.6) is 0 Å². The highest BCUT2D eigenvalue weighted by Crippen LogP contribution is 2.24. The number of halogens is 1. The van der Waals surface area contributed by atoms with Gasteiger partial charge in [-0.1, -0.05) is 0 Å². The molecule has 0 N–H and O–H groups in total. The summed E-state index contributed by atoms with van der Waals surface area (Å²) in [5, 5.41) is 9.22. The minimum atomic E-state index is 0.390. The SMILES string of the molecule is CN(c1ncc(Br)cn1)C1CCN(c2ncccc2C#N)CC1. The van der Waals surface area contributed by atoms with Crippen molar-refractivity contribution in [2.45, 2.75) is 18.9 Å². The van der Waals surface area contributed by atoms with E-state index in [1.54, 1.807) is 24.7 Å². The normalized spacial score (nSPS) is 15.3. The average Bonchev–Trinajstić information content (AvgIpc) is 2.62. The monoisotopic (exact) mass is 372 g/mol. The first-order chi connectivity index (χ1) is 11.2. The molecule has 6 nitrogen and oxygen atoms in total. The Morgan fingerprint density at radius 3 is 2.61 bits per heavy atom. The standard InChI is InChI=1S/C16H17BrN6/c1-22(16-20-10-13(17)11-21-16)14-4-7-23(8-5-14)15-12(9-18)3-2-6-19-15/h2-3,6,10-11,14H,4-5,7-8H2,1H3. The number of hydrogen-bond acceptors (Lipinski definition) is 6. The molecule has 0 atom stereocenters. The third kappa shape index (κ3) is 3.42. The van der Waals surface area contributed by atoms with Gasteiger partial charge in [-0.2, -0.15) is 5.26 Å². The summed E-state index contributed by atoms with van der Waals surface area (Å²) in [6.07, 6.45) is 7.24. The number of aromatic nitrogens is 3. The van der Waals surface area contributed by atoms with E-state index in [0.717, 1.165) is 42.2 Å². The zero-order valence-electron chi connectivity index (χ0n) is 12.9. The van der Waals surface area contributed by atoms with Gasteiger partial charge in [0.2, 0.25) is 5.95 Å². The van der Waals surface area contributed by atoms with Gasteiger partial charge in [0.1, 0.15) is 11.9 Å². The molecule has 0 bridgehead atoms. The zero-order chi connectivity index (χ0) is 16.2. The molecule has 0 aromatic carbocycles. The van der Waals surface area contributed by atoms with Crippen LogP contribution in [0.1, 0.15) is 18.4 Å². The van der Waals surface area contributed by atoms with E-state index in [9.17, 15) is 5.26 Å². The van der Waals surface area contributed by atoms with Gasteiger partial charge in [-0.25, -0.2) is 15.0 Å². The molecule has 0 radical (unpaired) electrons. The molecule has 1 saturated heterocycles. The van der Waals surface area contributed by atoms with Gasteiger partial charge in [0.05, 0.1) is 10.0 Å². The fourth-order valence-electron chi connectivity index (χ4n) is 2.85. The van der Waals surface area contributed by atoms with E-state index in [-0.39, 0.29) is 0 Å². The summed E-state index contributed by atoms with van der Waals surface area (Å²) < 4.78 is 0.878. The first-order valence-corrected chi connectivity index (χ1v) is 8.29. The predicted molar refractivity (Wildman–Crippen MR) is 92.3 cm³/mol. The minimum Gasteiger partial charge on any atom is -0.355 e. The van der Waals surface area contributed by atoms with Crippen molar-refractivity contribution in [3.63, 3.8) is 0 Å². The highest BCUT2D eigenvalue weighted by atomic mass is 79.9. The molecule has 0 spiro atoms. The van der Waals surface area contributed by atoms with Crippen LogP contribution in [-0.2, 0) is 0 Å². The van der Waals surface area contributed by atoms with Crippen LogP contribution in [0.25, 0.3) is 0 Å². The molecular weight excluding hydrogens is 356 g/mol. The largest absolute Gasteiger partial charge is 0.355 e. The van der Waals surface area contributed by atoms with Gasteiger partial charge in [0.25, 0.3) is 0 Å². The van der Waals surface area contributed by atoms with Crippen LogP contribution in [0.4, 0.5) is 11.8 Å². The maximum atomic E-state index is 9.22. The van der Waals surface area contributed by atoms with Crippen molar-refractivity contribution in [3.05, 3.63) is 40.8 Å². The summed E-state index contributed by atoms with van der Waals surface area (Å²) in [6, 6.07) is 6.22. The molecule has 1 fully saturated rings. The second-order valence-electron chi connectivity index (χ2n) is 5.52. The summed E-state index contributed by atoms with van der Waals surface area (Å²) >= 11 is 3.35. The van der Waals surface area contributed by atoms with Crippen LogP contribution in [0, 0.1) is 11.3 Å². The zero-order valence-corrected chi connectivity index (χ0v) is 14.4. The number of anilines is 2. The number of rotatable bonds is 3. The van der Waals surface area contributed by atoms with Gasteiger partial charge in [-0.15, -0.1) is 0 Å². The Balaban J connectivity index is 1.66. The van der Waals surface area contributed by atoms with Crippen molar-refractivity contribution in [1.82, 2.24) is 15.0 Å². The summed E-state index contributed by atoms with van der Waals surface area (Å²) in [4.78, 5) is 17.4. The Morgan fingerprint density at radius 1 is 1.26 bits per heavy atom. The molecule has 3 heterocycles. The molecule has 0 unspecified atom stereocenters. The molecule has 23 heavy (non-hydrogen) atoms. The lowest BCUT2D eigenvalue weighted by Crippen LogP contribution is -2.44. The van der Waals surface area contributed by atoms with Crippen molar-refractivity contribution in [3.8, 4) is 6.07 Å². The van der Waals surface area contributed by atoms with Crippen LogP contribution < -0.4 is 9.80 Å². The maximum absolute atomic E-state index is 9.22. The number of nitrogens with zero attached hydrogens (tertiary/aromatic N) is 6. The second-order valence-corrected chi connectivity index (χ2v) is 6.43. The summed E-state index contributed by atoms with van der Waals surface area (Å²) in [5.41, 5.74) is 0.635. The molecule has 3 rings (SSSR count). The molecule has 1 aliphatic rings. The van der Waals surface area contributed by atoms with Crippen molar-refractivity contribution < 1.29 is 0 Å². The lowest BCUT2D eigenvalue weighted by molar-refractivity contribution is 0.475. The first kappa shape index (κ1) is 15.7. The minimum absolute atomic E-state index is 0.390. The van der Waals surface area contributed by atoms with Gasteiger partial charge < -0.3 is 9.80 Å². The summed E-state index contributed by atoms with van der Waals surface area (Å²) in [7, 11) is 2.03. The van der Waals surface area contributed by atoms with Gasteiger partial charge in [0, 0.05) is 44.8 Å². The fourth-order valence-corrected chi connectivity index (χ4v) is 3.06. The summed E-state index contributed by atoms with van der Waals surface area (Å²) in [6.45, 7) is 1.74. The van der Waals surface area contributed by atoms with Crippen molar-refractivity contribution in [2.75, 3.05) is 29.9 Å². The van der Waals surface area contributed by atoms with E-state index >= 15 is 0 Å². The Morgan fingerprint density at radius 2 is 1.96 bits per heavy atom. The molecule has 1 aliphatic heterocycles. The van der Waals surface area contributed by atoms with Crippen molar-refractivity contribution in [1.29, 1.82) is 5.26 Å². The topological polar surface area (TPSA) is 68.9 Å². The van der Waals surface area contributed by atoms with Gasteiger partial charge in [-0.3, -0.25) is 0 Å². The summed E-state index contributed by atoms with van der Waals surface area (Å²) in [5.74, 6) is 1.53. The molecule has 2 aromatic rings. The third-order valence-corrected chi connectivity index (χ3v) is 4.55. The first-order valence-electron chi connectivity index (χ1n) is 7.49. The van der Waals surface area contributed by atoms with E-state index in [0.29, 0.717) is 11.6 Å². The molecule has 7 heteroatoms. The van der Waals surface area contributed by atoms with Crippen LogP contribution in [0.15, 0.2) is 35.2 Å². The maximum Gasteiger partial charge on any atom is 0.225 e. The van der Waals surface area contributed by atoms with Crippen LogP contribution in [0.3, 0.4) is 0 Å². The number of hydrogen-bond donors (Lipinski definition) is 0. The number of pyridine rings is 1. The highest BCUT2D eigenvalue weighted by molar-refractivity contribution is 9.10. The van der Waals surface area contributed by atoms with E-state index in [1.807, 2.05) is 13.1 Å². The van der Waals surface area contributed by atoms with Gasteiger partial charge in [0.15, 0.2) is 0 Å². The average molecular weight is 373 g/mol. The van der Waals surface area contributed by atoms with E-state index in [2.05, 4.69) is 46.8 Å². The predicted octanol–water partition coefficient (Wildman–Crippen LogP) is 2.61. The van der Waals surface area contributed by atoms with Gasteiger partial charge >= 0.3 is 0 Å². The van der Waals surface area contributed by atoms with Gasteiger partial charge in [-0.05, 0) is 40.9 Å². The molecular formula is C16H17BrN6. The van der Waals surface area contributed by atoms with Crippen LogP contribution >= 0.6 is 15.9 Å². The Kier molecular flexibility index (Phi) is 4.72. The molecule has 0 saturated carbocycles. The number of piperidine rings is 1. The Labute approximate surface area is 143 Å². The Bertz CT molecular complexity index is 703. The van der Waals surface area contributed by atoms with E-state index < -0.39 is 0 Å². The van der Waals surface area contributed by atoms with E-state index in [4.69, 9.17) is 0 Å². The third-order valence-electron chi connectivity index (χ3n) is 4.14. The Hall–Kier alpha value is -2.20. The quantitative estimate of drug-likeness (QED) is 0.824. The smallest absolute Gasteiger partial charge is 0.225 e.